The van der Waals surface area contributed by atoms with E-state index in [0.29, 0.717) is 6.42 Å². The maximum atomic E-state index is 13.2. The highest BCUT2D eigenvalue weighted by Gasteiger charge is 2.23. The second kappa shape index (κ2) is 9.22. The highest BCUT2D eigenvalue weighted by atomic mass is 16.1. The number of carbonyl (C=O) groups is 1. The Morgan fingerprint density at radius 2 is 1.65 bits per heavy atom. The first-order valence-corrected chi connectivity index (χ1v) is 11.1. The molecule has 0 aliphatic heterocycles. The molecule has 2 atom stereocenters. The number of rotatable bonds is 7. The first kappa shape index (κ1) is 20.9. The number of hydrogen-bond donors (Lipinski definition) is 1. The van der Waals surface area contributed by atoms with Gasteiger partial charge in [0.25, 0.3) is 0 Å². The van der Waals surface area contributed by atoms with Crippen molar-refractivity contribution < 1.29 is 4.79 Å². The van der Waals surface area contributed by atoms with Gasteiger partial charge in [0.15, 0.2) is 0 Å². The summed E-state index contributed by atoms with van der Waals surface area (Å²) in [6, 6.07) is 27.1. The van der Waals surface area contributed by atoms with Crippen LogP contribution >= 0.6 is 0 Å². The van der Waals surface area contributed by atoms with Gasteiger partial charge < -0.3 is 9.88 Å². The van der Waals surface area contributed by atoms with Crippen molar-refractivity contribution in [2.75, 3.05) is 0 Å². The van der Waals surface area contributed by atoms with Crippen molar-refractivity contribution in [1.29, 1.82) is 0 Å². The molecule has 0 saturated heterocycles. The third-order valence-electron chi connectivity index (χ3n) is 6.05. The molecule has 1 amide bonds. The van der Waals surface area contributed by atoms with Crippen molar-refractivity contribution in [3.05, 3.63) is 107 Å². The first-order chi connectivity index (χ1) is 15.1. The number of aryl methyl sites for hydroxylation is 2. The molecule has 158 valence electrons. The number of aromatic nitrogens is 1. The molecule has 1 N–H and O–H groups in total. The molecule has 1 aromatic heterocycles. The minimum absolute atomic E-state index is 0.000531. The summed E-state index contributed by atoms with van der Waals surface area (Å²) in [7, 11) is 0. The van der Waals surface area contributed by atoms with E-state index in [9.17, 15) is 4.79 Å². The van der Waals surface area contributed by atoms with E-state index in [2.05, 4.69) is 90.6 Å². The molecule has 0 saturated carbocycles. The van der Waals surface area contributed by atoms with E-state index < -0.39 is 0 Å². The lowest BCUT2D eigenvalue weighted by Gasteiger charge is -2.20. The van der Waals surface area contributed by atoms with E-state index >= 15 is 0 Å². The molecule has 0 bridgehead atoms. The highest BCUT2D eigenvalue weighted by Crippen LogP contribution is 2.35. The van der Waals surface area contributed by atoms with E-state index in [1.165, 1.54) is 27.6 Å². The molecule has 0 aliphatic rings. The summed E-state index contributed by atoms with van der Waals surface area (Å²) >= 11 is 0. The fourth-order valence-corrected chi connectivity index (χ4v) is 4.42. The second-order valence-electron chi connectivity index (χ2n) is 8.26. The van der Waals surface area contributed by atoms with Crippen molar-refractivity contribution in [2.45, 2.75) is 45.7 Å². The van der Waals surface area contributed by atoms with E-state index in [1.807, 2.05) is 25.1 Å². The molecule has 0 unspecified atom stereocenters. The van der Waals surface area contributed by atoms with Gasteiger partial charge in [0.05, 0.1) is 6.04 Å². The van der Waals surface area contributed by atoms with Crippen molar-refractivity contribution in [3.8, 4) is 0 Å². The number of nitrogens with zero attached hydrogens (tertiary/aromatic N) is 1. The normalized spacial score (nSPS) is 13.1. The summed E-state index contributed by atoms with van der Waals surface area (Å²) in [5.41, 5.74) is 5.94. The number of nitrogens with one attached hydrogen (secondary N) is 1. The van der Waals surface area contributed by atoms with Crippen molar-refractivity contribution in [3.63, 3.8) is 0 Å². The zero-order chi connectivity index (χ0) is 21.8. The van der Waals surface area contributed by atoms with Gasteiger partial charge in [-0.15, -0.1) is 0 Å². The van der Waals surface area contributed by atoms with Crippen LogP contribution in [0.15, 0.2) is 85.1 Å². The van der Waals surface area contributed by atoms with Crippen LogP contribution in [0.25, 0.3) is 10.9 Å². The predicted octanol–water partition coefficient (Wildman–Crippen LogP) is 6.37. The molecule has 0 spiro atoms. The zero-order valence-electron chi connectivity index (χ0n) is 18.5. The summed E-state index contributed by atoms with van der Waals surface area (Å²) in [5, 5.41) is 4.43. The van der Waals surface area contributed by atoms with Gasteiger partial charge in [-0.1, -0.05) is 78.4 Å². The van der Waals surface area contributed by atoms with Crippen LogP contribution in [0.4, 0.5) is 0 Å². The number of amides is 1. The summed E-state index contributed by atoms with van der Waals surface area (Å²) in [5.74, 6) is 0.0664. The van der Waals surface area contributed by atoms with Crippen molar-refractivity contribution in [2.24, 2.45) is 0 Å². The smallest absolute Gasteiger partial charge is 0.221 e. The lowest BCUT2D eigenvalue weighted by Crippen LogP contribution is -2.28. The molecular formula is C28H30N2O. The standard InChI is InChI=1S/C28H30N2O/c1-4-30-19-26(24-15-8-9-16-27(24)30)25(23-14-10-11-20(2)17-23)18-28(31)29-21(3)22-12-6-5-7-13-22/h5-17,19,21,25H,4,18H2,1-3H3,(H,29,31)/t21-,25+/m1/s1. The number of hydrogen-bond acceptors (Lipinski definition) is 1. The SMILES string of the molecule is CCn1cc([C@@H](CC(=O)N[C@H](C)c2ccccc2)c2cccc(C)c2)c2ccccc21. The van der Waals surface area contributed by atoms with E-state index in [-0.39, 0.29) is 17.9 Å². The van der Waals surface area contributed by atoms with E-state index in [4.69, 9.17) is 0 Å². The quantitative estimate of drug-likeness (QED) is 0.377. The van der Waals surface area contributed by atoms with Gasteiger partial charge in [-0.05, 0) is 43.5 Å². The van der Waals surface area contributed by atoms with Crippen LogP contribution in [-0.2, 0) is 11.3 Å². The number of carbonyl (C=O) groups excluding carboxylic acids is 1. The van der Waals surface area contributed by atoms with Gasteiger partial charge in [-0.2, -0.15) is 0 Å². The van der Waals surface area contributed by atoms with Crippen molar-refractivity contribution in [1.82, 2.24) is 9.88 Å². The summed E-state index contributed by atoms with van der Waals surface area (Å²) < 4.78 is 2.28. The molecule has 3 aromatic carbocycles. The fourth-order valence-electron chi connectivity index (χ4n) is 4.42. The highest BCUT2D eigenvalue weighted by molar-refractivity contribution is 5.86. The predicted molar refractivity (Wildman–Crippen MR) is 128 cm³/mol. The molecule has 4 aromatic rings. The zero-order valence-corrected chi connectivity index (χ0v) is 18.5. The average Bonchev–Trinajstić information content (AvgIpc) is 3.16. The van der Waals surface area contributed by atoms with Gasteiger partial charge in [0.1, 0.15) is 0 Å². The average molecular weight is 411 g/mol. The number of para-hydroxylation sites is 1. The third-order valence-corrected chi connectivity index (χ3v) is 6.05. The molecule has 0 aliphatic carbocycles. The molecule has 1 heterocycles. The topological polar surface area (TPSA) is 34.0 Å². The van der Waals surface area contributed by atoms with Gasteiger partial charge in [-0.3, -0.25) is 4.79 Å². The Balaban J connectivity index is 1.69. The van der Waals surface area contributed by atoms with E-state index in [0.717, 1.165) is 12.1 Å². The van der Waals surface area contributed by atoms with Crippen LogP contribution in [0.3, 0.4) is 0 Å². The molecular weight excluding hydrogens is 380 g/mol. The lowest BCUT2D eigenvalue weighted by molar-refractivity contribution is -0.121. The van der Waals surface area contributed by atoms with Crippen LogP contribution in [-0.4, -0.2) is 10.5 Å². The minimum atomic E-state index is -0.0242. The van der Waals surface area contributed by atoms with Gasteiger partial charge in [0, 0.05) is 36.0 Å². The maximum absolute atomic E-state index is 13.2. The molecule has 0 fully saturated rings. The Bertz CT molecular complexity index is 1180. The van der Waals surface area contributed by atoms with E-state index in [1.54, 1.807) is 0 Å². The van der Waals surface area contributed by atoms with Gasteiger partial charge in [-0.25, -0.2) is 0 Å². The van der Waals surface area contributed by atoms with Gasteiger partial charge >= 0.3 is 0 Å². The first-order valence-electron chi connectivity index (χ1n) is 11.1. The maximum Gasteiger partial charge on any atom is 0.221 e. The molecule has 3 nitrogen and oxygen atoms in total. The van der Waals surface area contributed by atoms with Crippen LogP contribution in [0, 0.1) is 6.92 Å². The monoisotopic (exact) mass is 410 g/mol. The Morgan fingerprint density at radius 3 is 2.39 bits per heavy atom. The molecule has 0 radical (unpaired) electrons. The summed E-state index contributed by atoms with van der Waals surface area (Å²) in [6.45, 7) is 7.20. The third kappa shape index (κ3) is 4.56. The number of fused-ring (bicyclic) bond motifs is 1. The van der Waals surface area contributed by atoms with Crippen LogP contribution in [0.1, 0.15) is 54.5 Å². The van der Waals surface area contributed by atoms with Crippen molar-refractivity contribution >= 4 is 16.8 Å². The second-order valence-corrected chi connectivity index (χ2v) is 8.26. The fraction of sp³-hybridized carbons (Fsp3) is 0.250. The molecule has 31 heavy (non-hydrogen) atoms. The summed E-state index contributed by atoms with van der Waals surface area (Å²) in [4.78, 5) is 13.2. The summed E-state index contributed by atoms with van der Waals surface area (Å²) in [6.07, 6.45) is 2.64. The molecule has 4 rings (SSSR count). The van der Waals surface area contributed by atoms with Crippen LogP contribution in [0.5, 0.6) is 0 Å². The van der Waals surface area contributed by atoms with Crippen LogP contribution in [0.2, 0.25) is 0 Å². The molecule has 3 heteroatoms. The Hall–Kier alpha value is -3.33. The Kier molecular flexibility index (Phi) is 6.22. The largest absolute Gasteiger partial charge is 0.350 e. The number of benzene rings is 3. The Labute approximate surface area is 184 Å². The minimum Gasteiger partial charge on any atom is -0.350 e. The van der Waals surface area contributed by atoms with Gasteiger partial charge in [0.2, 0.25) is 5.91 Å². The lowest BCUT2D eigenvalue weighted by atomic mass is 9.87. The Morgan fingerprint density at radius 1 is 0.935 bits per heavy atom. The van der Waals surface area contributed by atoms with Crippen LogP contribution < -0.4 is 5.32 Å².